The Bertz CT molecular complexity index is 554. The van der Waals surface area contributed by atoms with Crippen LogP contribution in [-0.4, -0.2) is 11.2 Å². The van der Waals surface area contributed by atoms with Crippen LogP contribution in [0.2, 0.25) is 0 Å². The Morgan fingerprint density at radius 1 is 0.952 bits per heavy atom. The van der Waals surface area contributed by atoms with Crippen LogP contribution in [-0.2, 0) is 11.8 Å². The van der Waals surface area contributed by atoms with E-state index in [4.69, 9.17) is 5.73 Å². The Morgan fingerprint density at radius 2 is 1.52 bits per heavy atom. The molecule has 0 aliphatic heterocycles. The first-order valence-corrected chi connectivity index (χ1v) is 7.46. The highest BCUT2D eigenvalue weighted by Gasteiger charge is 2.19. The van der Waals surface area contributed by atoms with Gasteiger partial charge in [0.15, 0.2) is 0 Å². The minimum absolute atomic E-state index is 0.130. The average Bonchev–Trinajstić information content (AvgIpc) is 2.46. The topological polar surface area (TPSA) is 46.2 Å². The van der Waals surface area contributed by atoms with Gasteiger partial charge in [-0.2, -0.15) is 0 Å². The fraction of sp³-hybridized carbons (Fsp3) is 0.368. The summed E-state index contributed by atoms with van der Waals surface area (Å²) in [5.74, 6) is 0. The van der Waals surface area contributed by atoms with Gasteiger partial charge >= 0.3 is 0 Å². The van der Waals surface area contributed by atoms with Crippen LogP contribution in [0.1, 0.15) is 43.5 Å². The molecule has 2 nitrogen and oxygen atoms in total. The number of rotatable bonds is 4. The quantitative estimate of drug-likeness (QED) is 0.900. The maximum atomic E-state index is 10.3. The number of hydrogen-bond acceptors (Lipinski definition) is 2. The Kier molecular flexibility index (Phi) is 4.81. The normalized spacial score (nSPS) is 14.7. The molecule has 0 unspecified atom stereocenters. The second-order valence-corrected chi connectivity index (χ2v) is 6.65. The molecule has 2 heteroatoms. The molecule has 2 atom stereocenters. The third-order valence-corrected chi connectivity index (χ3v) is 3.86. The molecule has 21 heavy (non-hydrogen) atoms. The molecule has 0 spiro atoms. The Morgan fingerprint density at radius 3 is 2.05 bits per heavy atom. The summed E-state index contributed by atoms with van der Waals surface area (Å²) < 4.78 is 0. The van der Waals surface area contributed by atoms with Crippen LogP contribution in [0.25, 0.3) is 0 Å². The molecule has 0 bridgehead atoms. The van der Waals surface area contributed by atoms with Crippen LogP contribution in [0, 0.1) is 0 Å². The highest BCUT2D eigenvalue weighted by Crippen LogP contribution is 2.24. The predicted octanol–water partition coefficient (Wildman–Crippen LogP) is 3.59. The van der Waals surface area contributed by atoms with Gasteiger partial charge in [-0.25, -0.2) is 0 Å². The third kappa shape index (κ3) is 4.16. The maximum absolute atomic E-state index is 10.3. The van der Waals surface area contributed by atoms with Gasteiger partial charge in [-0.1, -0.05) is 75.4 Å². The summed E-state index contributed by atoms with van der Waals surface area (Å²) >= 11 is 0. The summed E-state index contributed by atoms with van der Waals surface area (Å²) in [5.41, 5.74) is 9.68. The summed E-state index contributed by atoms with van der Waals surface area (Å²) in [6, 6.07) is 17.8. The van der Waals surface area contributed by atoms with E-state index in [-0.39, 0.29) is 11.5 Å². The lowest BCUT2D eigenvalue weighted by Crippen LogP contribution is -2.28. The smallest absolute Gasteiger partial charge is 0.0773 e. The third-order valence-electron chi connectivity index (χ3n) is 3.86. The summed E-state index contributed by atoms with van der Waals surface area (Å²) in [6.07, 6.45) is -0.00358. The average molecular weight is 283 g/mol. The lowest BCUT2D eigenvalue weighted by Gasteiger charge is -2.22. The molecule has 0 saturated heterocycles. The van der Waals surface area contributed by atoms with Gasteiger partial charge in [0.25, 0.3) is 0 Å². The SMILES string of the molecule is CC(C)(C)c1ccc([C@H](N)[C@H](O)Cc2ccccc2)cc1. The molecule has 2 aromatic carbocycles. The molecule has 0 fully saturated rings. The monoisotopic (exact) mass is 283 g/mol. The Labute approximate surface area is 127 Å². The van der Waals surface area contributed by atoms with Gasteiger partial charge in [0, 0.05) is 6.42 Å². The van der Waals surface area contributed by atoms with Crippen molar-refractivity contribution in [3.8, 4) is 0 Å². The van der Waals surface area contributed by atoms with Gasteiger partial charge in [-0.15, -0.1) is 0 Å². The van der Waals surface area contributed by atoms with E-state index >= 15 is 0 Å². The number of benzene rings is 2. The second kappa shape index (κ2) is 6.42. The van der Waals surface area contributed by atoms with E-state index in [0.717, 1.165) is 11.1 Å². The Hall–Kier alpha value is -1.64. The van der Waals surface area contributed by atoms with Crippen molar-refractivity contribution in [2.24, 2.45) is 5.73 Å². The fourth-order valence-corrected chi connectivity index (χ4v) is 2.41. The summed E-state index contributed by atoms with van der Waals surface area (Å²) in [4.78, 5) is 0. The van der Waals surface area contributed by atoms with Crippen LogP contribution >= 0.6 is 0 Å². The second-order valence-electron chi connectivity index (χ2n) is 6.65. The standard InChI is InChI=1S/C19H25NO/c1-19(2,3)16-11-9-15(10-12-16)18(20)17(21)13-14-7-5-4-6-8-14/h4-12,17-18,21H,13,20H2,1-3H3/t17-,18+/m1/s1. The van der Waals surface area contributed by atoms with Crippen molar-refractivity contribution in [3.63, 3.8) is 0 Å². The summed E-state index contributed by atoms with van der Waals surface area (Å²) in [6.45, 7) is 6.56. The van der Waals surface area contributed by atoms with Gasteiger partial charge in [-0.3, -0.25) is 0 Å². The number of aliphatic hydroxyl groups is 1. The highest BCUT2D eigenvalue weighted by molar-refractivity contribution is 5.30. The van der Waals surface area contributed by atoms with E-state index in [1.807, 2.05) is 42.5 Å². The molecular formula is C19H25NO. The van der Waals surface area contributed by atoms with Crippen molar-refractivity contribution in [2.45, 2.75) is 44.8 Å². The van der Waals surface area contributed by atoms with Crippen molar-refractivity contribution in [3.05, 3.63) is 71.3 Å². The fourth-order valence-electron chi connectivity index (χ4n) is 2.41. The van der Waals surface area contributed by atoms with E-state index in [0.29, 0.717) is 6.42 Å². The van der Waals surface area contributed by atoms with E-state index in [9.17, 15) is 5.11 Å². The minimum atomic E-state index is -0.576. The highest BCUT2D eigenvalue weighted by atomic mass is 16.3. The Balaban J connectivity index is 2.07. The predicted molar refractivity (Wildman–Crippen MR) is 88.2 cm³/mol. The summed E-state index contributed by atoms with van der Waals surface area (Å²) in [7, 11) is 0. The van der Waals surface area contributed by atoms with Gasteiger partial charge in [0.1, 0.15) is 0 Å². The molecule has 0 heterocycles. The first kappa shape index (κ1) is 15.7. The zero-order valence-electron chi connectivity index (χ0n) is 13.1. The van der Waals surface area contributed by atoms with Crippen molar-refractivity contribution in [2.75, 3.05) is 0 Å². The van der Waals surface area contributed by atoms with E-state index in [2.05, 4.69) is 32.9 Å². The molecule has 2 rings (SSSR count). The first-order chi connectivity index (χ1) is 9.88. The van der Waals surface area contributed by atoms with Crippen LogP contribution in [0.5, 0.6) is 0 Å². The van der Waals surface area contributed by atoms with E-state index in [1.165, 1.54) is 5.56 Å². The minimum Gasteiger partial charge on any atom is -0.391 e. The molecule has 2 aromatic rings. The van der Waals surface area contributed by atoms with Crippen molar-refractivity contribution < 1.29 is 5.11 Å². The van der Waals surface area contributed by atoms with Gasteiger partial charge in [-0.05, 0) is 22.1 Å². The molecule has 0 aromatic heterocycles. The molecule has 3 N–H and O–H groups in total. The van der Waals surface area contributed by atoms with Crippen LogP contribution in [0.4, 0.5) is 0 Å². The van der Waals surface area contributed by atoms with Crippen molar-refractivity contribution in [1.29, 1.82) is 0 Å². The number of nitrogens with two attached hydrogens (primary N) is 1. The van der Waals surface area contributed by atoms with Gasteiger partial charge in [0.2, 0.25) is 0 Å². The largest absolute Gasteiger partial charge is 0.391 e. The summed E-state index contributed by atoms with van der Waals surface area (Å²) in [5, 5.41) is 10.3. The van der Waals surface area contributed by atoms with Crippen molar-refractivity contribution in [1.82, 2.24) is 0 Å². The zero-order valence-corrected chi connectivity index (χ0v) is 13.1. The molecule has 0 saturated carbocycles. The zero-order chi connectivity index (χ0) is 15.5. The van der Waals surface area contributed by atoms with E-state index in [1.54, 1.807) is 0 Å². The van der Waals surface area contributed by atoms with Crippen LogP contribution < -0.4 is 5.73 Å². The maximum Gasteiger partial charge on any atom is 0.0773 e. The molecule has 0 amide bonds. The van der Waals surface area contributed by atoms with E-state index < -0.39 is 6.10 Å². The lowest BCUT2D eigenvalue weighted by molar-refractivity contribution is 0.145. The molecule has 0 radical (unpaired) electrons. The number of aliphatic hydroxyl groups excluding tert-OH is 1. The lowest BCUT2D eigenvalue weighted by atomic mass is 9.86. The van der Waals surface area contributed by atoms with Gasteiger partial charge < -0.3 is 10.8 Å². The van der Waals surface area contributed by atoms with Gasteiger partial charge in [0.05, 0.1) is 12.1 Å². The molecular weight excluding hydrogens is 258 g/mol. The molecule has 0 aliphatic rings. The number of hydrogen-bond donors (Lipinski definition) is 2. The van der Waals surface area contributed by atoms with Crippen molar-refractivity contribution >= 4 is 0 Å². The first-order valence-electron chi connectivity index (χ1n) is 7.46. The molecule has 0 aliphatic carbocycles. The van der Waals surface area contributed by atoms with Crippen LogP contribution in [0.15, 0.2) is 54.6 Å². The van der Waals surface area contributed by atoms with Crippen LogP contribution in [0.3, 0.4) is 0 Å². The molecule has 112 valence electrons.